The smallest absolute Gasteiger partial charge is 0.406 e. The minimum absolute atomic E-state index is 0.0742. The highest BCUT2D eigenvalue weighted by atomic mass is 35.5. The van der Waals surface area contributed by atoms with Crippen molar-refractivity contribution in [2.24, 2.45) is 0 Å². The monoisotopic (exact) mass is 365 g/mol. The van der Waals surface area contributed by atoms with E-state index in [9.17, 15) is 18.3 Å². The van der Waals surface area contributed by atoms with Crippen LogP contribution in [0.1, 0.15) is 0 Å². The fraction of sp³-hybridized carbons (Fsp3) is 0.500. The third kappa shape index (κ3) is 3.92. The van der Waals surface area contributed by atoms with Gasteiger partial charge in [0, 0.05) is 19.2 Å². The molecule has 6 nitrogen and oxygen atoms in total. The number of rotatable bonds is 4. The van der Waals surface area contributed by atoms with Crippen LogP contribution in [-0.4, -0.2) is 58.5 Å². The second kappa shape index (κ2) is 6.75. The Kier molecular flexibility index (Phi) is 4.86. The van der Waals surface area contributed by atoms with Gasteiger partial charge in [-0.15, -0.1) is 13.2 Å². The quantitative estimate of drug-likeness (QED) is 0.900. The Morgan fingerprint density at radius 1 is 1.33 bits per heavy atom. The molecule has 2 aromatic rings. The van der Waals surface area contributed by atoms with Gasteiger partial charge in [0.1, 0.15) is 12.0 Å². The van der Waals surface area contributed by atoms with E-state index < -0.39 is 12.6 Å². The predicted octanol–water partition coefficient (Wildman–Crippen LogP) is 2.24. The molecule has 0 radical (unpaired) electrons. The standard InChI is InChI=1S/C14H15ClF3N3O3/c15-13-19-10-2-1-9(24-14(16,17)18)7-11(10)21(13)8-12(22)20-3-5-23-6-4-20/h1-2,7,12,22H,3-6,8H2. The van der Waals surface area contributed by atoms with Crippen molar-refractivity contribution < 1.29 is 27.8 Å². The molecular formula is C14H15ClF3N3O3. The van der Waals surface area contributed by atoms with Crippen molar-refractivity contribution in [1.82, 2.24) is 14.5 Å². The number of nitrogens with zero attached hydrogens (tertiary/aromatic N) is 3. The van der Waals surface area contributed by atoms with E-state index in [1.807, 2.05) is 4.90 Å². The Hall–Kier alpha value is -1.55. The van der Waals surface area contributed by atoms with E-state index in [1.54, 1.807) is 0 Å². The number of hydrogen-bond acceptors (Lipinski definition) is 5. The zero-order valence-corrected chi connectivity index (χ0v) is 13.2. The van der Waals surface area contributed by atoms with Crippen LogP contribution in [0.25, 0.3) is 11.0 Å². The van der Waals surface area contributed by atoms with Crippen molar-refractivity contribution in [3.63, 3.8) is 0 Å². The SMILES string of the molecule is OC(Cn1c(Cl)nc2ccc(OC(F)(F)F)cc21)N1CCOCC1. The molecule has 1 aromatic heterocycles. The molecule has 0 saturated carbocycles. The van der Waals surface area contributed by atoms with E-state index >= 15 is 0 Å². The summed E-state index contributed by atoms with van der Waals surface area (Å²) in [6.45, 7) is 2.23. The summed E-state index contributed by atoms with van der Waals surface area (Å²) in [7, 11) is 0. The molecule has 1 atom stereocenters. The maximum absolute atomic E-state index is 12.4. The fourth-order valence-electron chi connectivity index (χ4n) is 2.60. The molecule has 0 spiro atoms. The Morgan fingerprint density at radius 2 is 2.04 bits per heavy atom. The number of ether oxygens (including phenoxy) is 2. The molecule has 1 N–H and O–H groups in total. The van der Waals surface area contributed by atoms with Crippen LogP contribution in [0.15, 0.2) is 18.2 Å². The topological polar surface area (TPSA) is 59.8 Å². The van der Waals surface area contributed by atoms with Crippen LogP contribution in [0, 0.1) is 0 Å². The number of aromatic nitrogens is 2. The zero-order valence-electron chi connectivity index (χ0n) is 12.5. The van der Waals surface area contributed by atoms with Crippen LogP contribution >= 0.6 is 11.6 Å². The molecule has 1 fully saturated rings. The van der Waals surface area contributed by atoms with Crippen LogP contribution in [-0.2, 0) is 11.3 Å². The second-order valence-corrected chi connectivity index (χ2v) is 5.66. The first-order valence-electron chi connectivity index (χ1n) is 7.25. The van der Waals surface area contributed by atoms with E-state index in [0.717, 1.165) is 0 Å². The Morgan fingerprint density at radius 3 is 2.71 bits per heavy atom. The highest BCUT2D eigenvalue weighted by Crippen LogP contribution is 2.28. The van der Waals surface area contributed by atoms with Gasteiger partial charge in [-0.2, -0.15) is 0 Å². The predicted molar refractivity (Wildman–Crippen MR) is 79.8 cm³/mol. The summed E-state index contributed by atoms with van der Waals surface area (Å²) in [5.41, 5.74) is 0.776. The van der Waals surface area contributed by atoms with Crippen LogP contribution < -0.4 is 4.74 Å². The number of aliphatic hydroxyl groups excluding tert-OH is 1. The highest BCUT2D eigenvalue weighted by molar-refractivity contribution is 6.29. The van der Waals surface area contributed by atoms with Gasteiger partial charge >= 0.3 is 6.36 Å². The van der Waals surface area contributed by atoms with Crippen molar-refractivity contribution in [3.05, 3.63) is 23.5 Å². The molecular weight excluding hydrogens is 351 g/mol. The number of alkyl halides is 3. The Bertz CT molecular complexity index is 716. The lowest BCUT2D eigenvalue weighted by molar-refractivity contribution is -0.274. The molecule has 3 rings (SSSR count). The van der Waals surface area contributed by atoms with E-state index in [2.05, 4.69) is 9.72 Å². The lowest BCUT2D eigenvalue weighted by atomic mass is 10.3. The van der Waals surface area contributed by atoms with Crippen LogP contribution in [0.5, 0.6) is 5.75 Å². The number of aliphatic hydroxyl groups is 1. The van der Waals surface area contributed by atoms with E-state index in [1.165, 1.54) is 22.8 Å². The number of benzene rings is 1. The van der Waals surface area contributed by atoms with Crippen LogP contribution in [0.3, 0.4) is 0 Å². The molecule has 132 valence electrons. The van der Waals surface area contributed by atoms with Crippen molar-refractivity contribution in [3.8, 4) is 5.75 Å². The fourth-order valence-corrected chi connectivity index (χ4v) is 2.85. The third-order valence-corrected chi connectivity index (χ3v) is 4.01. The molecule has 1 aliphatic rings. The van der Waals surface area contributed by atoms with Crippen molar-refractivity contribution >= 4 is 22.6 Å². The van der Waals surface area contributed by atoms with Crippen molar-refractivity contribution in [1.29, 1.82) is 0 Å². The summed E-state index contributed by atoms with van der Waals surface area (Å²) in [5.74, 6) is -0.367. The molecule has 1 saturated heterocycles. The summed E-state index contributed by atoms with van der Waals surface area (Å²) >= 11 is 6.07. The molecule has 24 heavy (non-hydrogen) atoms. The molecule has 2 heterocycles. The minimum Gasteiger partial charge on any atom is -0.406 e. The first kappa shape index (κ1) is 17.3. The largest absolute Gasteiger partial charge is 0.573 e. The summed E-state index contributed by atoms with van der Waals surface area (Å²) in [5, 5.41) is 10.4. The van der Waals surface area contributed by atoms with Gasteiger partial charge in [0.25, 0.3) is 0 Å². The summed E-state index contributed by atoms with van der Waals surface area (Å²) < 4.78 is 47.7. The van der Waals surface area contributed by atoms with Gasteiger partial charge in [-0.05, 0) is 23.7 Å². The van der Waals surface area contributed by atoms with Gasteiger partial charge in [-0.1, -0.05) is 0 Å². The molecule has 0 aliphatic carbocycles. The summed E-state index contributed by atoms with van der Waals surface area (Å²) in [4.78, 5) is 5.89. The van der Waals surface area contributed by atoms with Gasteiger partial charge in [0.05, 0.1) is 30.8 Å². The van der Waals surface area contributed by atoms with Crippen molar-refractivity contribution in [2.75, 3.05) is 26.3 Å². The van der Waals surface area contributed by atoms with Crippen molar-refractivity contribution in [2.45, 2.75) is 19.1 Å². The molecule has 0 amide bonds. The highest BCUT2D eigenvalue weighted by Gasteiger charge is 2.31. The first-order valence-corrected chi connectivity index (χ1v) is 7.63. The first-order chi connectivity index (χ1) is 11.3. The van der Waals surface area contributed by atoms with Gasteiger partial charge in [0.2, 0.25) is 5.28 Å². The van der Waals surface area contributed by atoms with E-state index in [0.29, 0.717) is 37.3 Å². The van der Waals surface area contributed by atoms with Gasteiger partial charge < -0.3 is 19.1 Å². The van der Waals surface area contributed by atoms with Gasteiger partial charge in [-0.25, -0.2) is 4.98 Å². The van der Waals surface area contributed by atoms with E-state index in [4.69, 9.17) is 16.3 Å². The number of morpholine rings is 1. The average molecular weight is 366 g/mol. The number of halogens is 4. The Balaban J connectivity index is 1.85. The van der Waals surface area contributed by atoms with Crippen LogP contribution in [0.4, 0.5) is 13.2 Å². The van der Waals surface area contributed by atoms with Gasteiger partial charge in [-0.3, -0.25) is 4.90 Å². The lowest BCUT2D eigenvalue weighted by Crippen LogP contribution is -2.45. The van der Waals surface area contributed by atoms with Gasteiger partial charge in [0.15, 0.2) is 0 Å². The Labute approximate surface area is 140 Å². The molecule has 1 unspecified atom stereocenters. The summed E-state index contributed by atoms with van der Waals surface area (Å²) in [6, 6.07) is 3.76. The van der Waals surface area contributed by atoms with E-state index in [-0.39, 0.29) is 17.6 Å². The molecule has 0 bridgehead atoms. The average Bonchev–Trinajstić information content (AvgIpc) is 2.82. The zero-order chi connectivity index (χ0) is 17.3. The minimum atomic E-state index is -4.78. The second-order valence-electron chi connectivity index (χ2n) is 5.32. The summed E-state index contributed by atoms with van der Waals surface area (Å²) in [6.07, 6.45) is -5.63. The van der Waals surface area contributed by atoms with Crippen LogP contribution in [0.2, 0.25) is 5.28 Å². The number of fused-ring (bicyclic) bond motifs is 1. The third-order valence-electron chi connectivity index (χ3n) is 3.72. The maximum atomic E-state index is 12.4. The lowest BCUT2D eigenvalue weighted by Gasteiger charge is -2.31. The molecule has 1 aromatic carbocycles. The maximum Gasteiger partial charge on any atom is 0.573 e. The molecule has 1 aliphatic heterocycles. The molecule has 10 heteroatoms. The number of hydrogen-bond donors (Lipinski definition) is 1. The normalized spacial score (nSPS) is 18.0. The number of imidazole rings is 1.